The minimum atomic E-state index is 0.552. The Hall–Kier alpha value is 0.0400. The van der Waals surface area contributed by atoms with Gasteiger partial charge in [0.25, 0.3) is 0 Å². The first-order chi connectivity index (χ1) is 7.02. The summed E-state index contributed by atoms with van der Waals surface area (Å²) in [6.07, 6.45) is 0. The molecule has 15 heavy (non-hydrogen) atoms. The SMILES string of the molecule is CC(C)CNC(=S)N1CCSC(C)C1C. The van der Waals surface area contributed by atoms with Crippen LogP contribution in [0.3, 0.4) is 0 Å². The van der Waals surface area contributed by atoms with Crippen LogP contribution in [-0.2, 0) is 0 Å². The van der Waals surface area contributed by atoms with Crippen molar-refractivity contribution in [3.8, 4) is 0 Å². The first-order valence-electron chi connectivity index (χ1n) is 5.68. The summed E-state index contributed by atoms with van der Waals surface area (Å²) in [5.41, 5.74) is 0. The topological polar surface area (TPSA) is 15.3 Å². The number of nitrogens with zero attached hydrogens (tertiary/aromatic N) is 1. The molecule has 0 aliphatic carbocycles. The molecule has 0 amide bonds. The van der Waals surface area contributed by atoms with Crippen molar-refractivity contribution < 1.29 is 0 Å². The van der Waals surface area contributed by atoms with E-state index in [1.165, 1.54) is 5.75 Å². The second-order valence-electron chi connectivity index (χ2n) is 4.59. The van der Waals surface area contributed by atoms with Crippen LogP contribution in [0.5, 0.6) is 0 Å². The summed E-state index contributed by atoms with van der Waals surface area (Å²) < 4.78 is 0. The summed E-state index contributed by atoms with van der Waals surface area (Å²) in [4.78, 5) is 2.33. The Morgan fingerprint density at radius 3 is 2.80 bits per heavy atom. The van der Waals surface area contributed by atoms with E-state index in [9.17, 15) is 0 Å². The van der Waals surface area contributed by atoms with Gasteiger partial charge in [-0.25, -0.2) is 0 Å². The van der Waals surface area contributed by atoms with Crippen LogP contribution in [0.4, 0.5) is 0 Å². The van der Waals surface area contributed by atoms with Crippen molar-refractivity contribution in [3.63, 3.8) is 0 Å². The maximum absolute atomic E-state index is 5.43. The second kappa shape index (κ2) is 5.94. The van der Waals surface area contributed by atoms with E-state index in [2.05, 4.69) is 37.9 Å². The van der Waals surface area contributed by atoms with Crippen molar-refractivity contribution in [1.29, 1.82) is 0 Å². The molecule has 0 bridgehead atoms. The van der Waals surface area contributed by atoms with Crippen LogP contribution < -0.4 is 5.32 Å². The molecule has 88 valence electrons. The molecule has 1 rings (SSSR count). The minimum absolute atomic E-state index is 0.552. The first-order valence-corrected chi connectivity index (χ1v) is 7.14. The highest BCUT2D eigenvalue weighted by atomic mass is 32.2. The van der Waals surface area contributed by atoms with E-state index < -0.39 is 0 Å². The standard InChI is InChI=1S/C11H22N2S2/c1-8(2)7-12-11(14)13-5-6-15-10(4)9(13)3/h8-10H,5-7H2,1-4H3,(H,12,14). The average Bonchev–Trinajstić information content (AvgIpc) is 2.18. The Bertz CT molecular complexity index is 219. The first kappa shape index (κ1) is 13.1. The monoisotopic (exact) mass is 246 g/mol. The second-order valence-corrected chi connectivity index (χ2v) is 6.46. The van der Waals surface area contributed by atoms with Crippen LogP contribution in [0.1, 0.15) is 27.7 Å². The summed E-state index contributed by atoms with van der Waals surface area (Å²) in [6, 6.07) is 0.552. The van der Waals surface area contributed by atoms with Gasteiger partial charge in [0.2, 0.25) is 0 Å². The van der Waals surface area contributed by atoms with Crippen LogP contribution in [0.15, 0.2) is 0 Å². The molecule has 1 aliphatic rings. The molecule has 0 aromatic heterocycles. The zero-order chi connectivity index (χ0) is 11.4. The molecule has 1 heterocycles. The maximum Gasteiger partial charge on any atom is 0.169 e. The lowest BCUT2D eigenvalue weighted by Gasteiger charge is -2.39. The van der Waals surface area contributed by atoms with Gasteiger partial charge in [-0.2, -0.15) is 11.8 Å². The van der Waals surface area contributed by atoms with Crippen molar-refractivity contribution >= 4 is 29.1 Å². The molecule has 1 N–H and O–H groups in total. The lowest BCUT2D eigenvalue weighted by atomic mass is 10.2. The third-order valence-electron chi connectivity index (χ3n) is 2.81. The summed E-state index contributed by atoms with van der Waals surface area (Å²) in [5, 5.41) is 4.96. The highest BCUT2D eigenvalue weighted by Crippen LogP contribution is 2.24. The molecule has 1 saturated heterocycles. The summed E-state index contributed by atoms with van der Waals surface area (Å²) in [6.45, 7) is 11.0. The van der Waals surface area contributed by atoms with Crippen molar-refractivity contribution in [2.24, 2.45) is 5.92 Å². The van der Waals surface area contributed by atoms with E-state index in [-0.39, 0.29) is 0 Å². The Balaban J connectivity index is 2.43. The molecule has 2 nitrogen and oxygen atoms in total. The normalized spacial score (nSPS) is 26.9. The molecule has 0 radical (unpaired) electrons. The fraction of sp³-hybridized carbons (Fsp3) is 0.909. The Labute approximate surface area is 103 Å². The summed E-state index contributed by atoms with van der Waals surface area (Å²) in [5.74, 6) is 1.84. The van der Waals surface area contributed by atoms with E-state index in [1.54, 1.807) is 0 Å². The number of nitrogens with one attached hydrogen (secondary N) is 1. The van der Waals surface area contributed by atoms with E-state index in [0.29, 0.717) is 17.2 Å². The van der Waals surface area contributed by atoms with E-state index in [4.69, 9.17) is 12.2 Å². The van der Waals surface area contributed by atoms with Crippen LogP contribution in [-0.4, -0.2) is 40.1 Å². The number of thioether (sulfide) groups is 1. The number of rotatable bonds is 2. The van der Waals surface area contributed by atoms with Gasteiger partial charge in [0.1, 0.15) is 0 Å². The smallest absolute Gasteiger partial charge is 0.169 e. The van der Waals surface area contributed by atoms with Crippen molar-refractivity contribution in [1.82, 2.24) is 10.2 Å². The zero-order valence-corrected chi connectivity index (χ0v) is 11.8. The van der Waals surface area contributed by atoms with Gasteiger partial charge >= 0.3 is 0 Å². The average molecular weight is 246 g/mol. The molecular formula is C11H22N2S2. The molecular weight excluding hydrogens is 224 g/mol. The molecule has 2 atom stereocenters. The highest BCUT2D eigenvalue weighted by Gasteiger charge is 2.26. The van der Waals surface area contributed by atoms with Crippen LogP contribution in [0.2, 0.25) is 0 Å². The van der Waals surface area contributed by atoms with Gasteiger partial charge in [0.05, 0.1) is 0 Å². The largest absolute Gasteiger partial charge is 0.362 e. The van der Waals surface area contributed by atoms with Gasteiger partial charge in [0, 0.05) is 30.1 Å². The molecule has 1 aliphatic heterocycles. The van der Waals surface area contributed by atoms with Gasteiger partial charge in [-0.05, 0) is 25.1 Å². The predicted molar refractivity (Wildman–Crippen MR) is 73.5 cm³/mol. The number of hydrogen-bond acceptors (Lipinski definition) is 2. The summed E-state index contributed by atoms with van der Waals surface area (Å²) in [7, 11) is 0. The van der Waals surface area contributed by atoms with Crippen molar-refractivity contribution in [2.75, 3.05) is 18.8 Å². The zero-order valence-electron chi connectivity index (χ0n) is 10.1. The fourth-order valence-electron chi connectivity index (χ4n) is 1.61. The van der Waals surface area contributed by atoms with Crippen LogP contribution in [0, 0.1) is 5.92 Å². The maximum atomic E-state index is 5.43. The highest BCUT2D eigenvalue weighted by molar-refractivity contribution is 8.00. The molecule has 4 heteroatoms. The van der Waals surface area contributed by atoms with Crippen LogP contribution >= 0.6 is 24.0 Å². The Morgan fingerprint density at radius 2 is 2.20 bits per heavy atom. The third-order valence-corrected chi connectivity index (χ3v) is 4.52. The number of thiocarbonyl (C=S) groups is 1. The number of hydrogen-bond donors (Lipinski definition) is 1. The quantitative estimate of drug-likeness (QED) is 0.752. The van der Waals surface area contributed by atoms with Gasteiger partial charge < -0.3 is 10.2 Å². The minimum Gasteiger partial charge on any atom is -0.362 e. The Kier molecular flexibility index (Phi) is 5.19. The van der Waals surface area contributed by atoms with Gasteiger partial charge in [-0.15, -0.1) is 0 Å². The molecule has 0 saturated carbocycles. The van der Waals surface area contributed by atoms with E-state index in [0.717, 1.165) is 18.2 Å². The molecule has 2 unspecified atom stereocenters. The molecule has 1 fully saturated rings. The fourth-order valence-corrected chi connectivity index (χ4v) is 3.05. The lowest BCUT2D eigenvalue weighted by molar-refractivity contribution is 0.328. The van der Waals surface area contributed by atoms with Crippen molar-refractivity contribution in [3.05, 3.63) is 0 Å². The Morgan fingerprint density at radius 1 is 1.53 bits per heavy atom. The van der Waals surface area contributed by atoms with E-state index >= 15 is 0 Å². The van der Waals surface area contributed by atoms with Crippen molar-refractivity contribution in [2.45, 2.75) is 39.0 Å². The predicted octanol–water partition coefficient (Wildman–Crippen LogP) is 2.34. The van der Waals surface area contributed by atoms with Gasteiger partial charge in [-0.1, -0.05) is 20.8 Å². The third kappa shape index (κ3) is 3.83. The van der Waals surface area contributed by atoms with E-state index in [1.807, 2.05) is 11.8 Å². The van der Waals surface area contributed by atoms with Gasteiger partial charge in [-0.3, -0.25) is 0 Å². The molecule has 0 aromatic rings. The summed E-state index contributed by atoms with van der Waals surface area (Å²) >= 11 is 7.47. The van der Waals surface area contributed by atoms with Crippen LogP contribution in [0.25, 0.3) is 0 Å². The lowest BCUT2D eigenvalue weighted by Crippen LogP contribution is -2.52. The van der Waals surface area contributed by atoms with Gasteiger partial charge in [0.15, 0.2) is 5.11 Å². The molecule has 0 aromatic carbocycles. The molecule has 0 spiro atoms.